The number of halogens is 1. The molecule has 0 spiro atoms. The summed E-state index contributed by atoms with van der Waals surface area (Å²) in [5.74, 6) is 0.0491. The predicted octanol–water partition coefficient (Wildman–Crippen LogP) is 4.30. The molecule has 8 nitrogen and oxygen atoms in total. The number of rotatable bonds is 8. The van der Waals surface area contributed by atoms with Gasteiger partial charge in [0.25, 0.3) is 0 Å². The number of hydrogen-bond donors (Lipinski definition) is 1. The zero-order valence-electron chi connectivity index (χ0n) is 20.3. The Balaban J connectivity index is 1.65. The highest BCUT2D eigenvalue weighted by Gasteiger charge is 2.42. The number of carbonyl (C=O) groups excluding carboxylic acids is 2. The van der Waals surface area contributed by atoms with Gasteiger partial charge in [0.15, 0.2) is 5.17 Å². The summed E-state index contributed by atoms with van der Waals surface area (Å²) in [4.78, 5) is 32.2. The molecule has 0 bridgehead atoms. The molecule has 2 aromatic carbocycles. The van der Waals surface area contributed by atoms with Crippen LogP contribution in [-0.4, -0.2) is 43.3 Å². The number of methoxy groups -OCH3 is 3. The maximum absolute atomic E-state index is 13.2. The van der Waals surface area contributed by atoms with Gasteiger partial charge in [0.1, 0.15) is 17.3 Å². The van der Waals surface area contributed by atoms with E-state index in [1.54, 1.807) is 45.4 Å². The van der Waals surface area contributed by atoms with Crippen molar-refractivity contribution in [2.45, 2.75) is 25.9 Å². The zero-order valence-corrected chi connectivity index (χ0v) is 21.1. The molecule has 0 saturated carbocycles. The van der Waals surface area contributed by atoms with E-state index < -0.39 is 12.0 Å². The summed E-state index contributed by atoms with van der Waals surface area (Å²) >= 11 is 1.38. The molecule has 0 saturated heterocycles. The largest absolute Gasteiger partial charge is 0.497 e. The van der Waals surface area contributed by atoms with Crippen LogP contribution in [0.1, 0.15) is 30.5 Å². The molecule has 2 aromatic rings. The minimum absolute atomic E-state index is 0.0513. The lowest BCUT2D eigenvalue weighted by Gasteiger charge is -2.36. The van der Waals surface area contributed by atoms with Crippen LogP contribution in [0, 0.1) is 5.82 Å². The molecule has 1 amide bonds. The maximum atomic E-state index is 13.2. The smallest absolute Gasteiger partial charge is 0.338 e. The third-order valence-corrected chi connectivity index (χ3v) is 6.77. The standard InChI is InChI=1S/C26H26FN3O5S/c1-15-23(25(32)35-4)24(20-10-9-19(33-2)12-21(20)34-3)30-18(14-36-26(30)29-15)11-22(31)28-13-16-5-7-17(27)8-6-16/h5-10,12,14,24H,11,13H2,1-4H3,(H,28,31). The van der Waals surface area contributed by atoms with Gasteiger partial charge < -0.3 is 24.4 Å². The Morgan fingerprint density at radius 1 is 1.11 bits per heavy atom. The summed E-state index contributed by atoms with van der Waals surface area (Å²) < 4.78 is 29.2. The van der Waals surface area contributed by atoms with Crippen molar-refractivity contribution >= 4 is 28.8 Å². The lowest BCUT2D eigenvalue weighted by atomic mass is 9.93. The highest BCUT2D eigenvalue weighted by Crippen LogP contribution is 2.47. The van der Waals surface area contributed by atoms with Crippen LogP contribution >= 0.6 is 11.8 Å². The number of aliphatic imine (C=N–C) groups is 1. The molecule has 10 heteroatoms. The van der Waals surface area contributed by atoms with Gasteiger partial charge in [0.05, 0.1) is 45.1 Å². The van der Waals surface area contributed by atoms with Crippen molar-refractivity contribution in [3.63, 3.8) is 0 Å². The number of benzene rings is 2. The molecule has 2 heterocycles. The van der Waals surface area contributed by atoms with Gasteiger partial charge in [-0.1, -0.05) is 23.9 Å². The number of ether oxygens (including phenoxy) is 3. The molecule has 0 aliphatic carbocycles. The molecule has 36 heavy (non-hydrogen) atoms. The number of amides is 1. The Bertz CT molecular complexity index is 1270. The Morgan fingerprint density at radius 3 is 2.53 bits per heavy atom. The minimum Gasteiger partial charge on any atom is -0.497 e. The second-order valence-electron chi connectivity index (χ2n) is 8.07. The zero-order chi connectivity index (χ0) is 25.8. The molecular weight excluding hydrogens is 485 g/mol. The number of fused-ring (bicyclic) bond motifs is 1. The number of nitrogens with zero attached hydrogens (tertiary/aromatic N) is 2. The first-order valence-electron chi connectivity index (χ1n) is 11.1. The summed E-state index contributed by atoms with van der Waals surface area (Å²) in [6.45, 7) is 2.02. The first kappa shape index (κ1) is 25.3. The fourth-order valence-electron chi connectivity index (χ4n) is 4.11. The topological polar surface area (TPSA) is 89.5 Å². The predicted molar refractivity (Wildman–Crippen MR) is 135 cm³/mol. The number of allylic oxidation sites excluding steroid dienone is 1. The normalized spacial score (nSPS) is 16.7. The van der Waals surface area contributed by atoms with Crippen molar-refractivity contribution in [3.8, 4) is 11.5 Å². The van der Waals surface area contributed by atoms with Crippen LogP contribution in [0.5, 0.6) is 11.5 Å². The van der Waals surface area contributed by atoms with E-state index in [0.29, 0.717) is 39.2 Å². The van der Waals surface area contributed by atoms with E-state index in [-0.39, 0.29) is 24.7 Å². The fourth-order valence-corrected chi connectivity index (χ4v) is 5.07. The van der Waals surface area contributed by atoms with Gasteiger partial charge in [-0.15, -0.1) is 0 Å². The van der Waals surface area contributed by atoms with Crippen molar-refractivity contribution in [2.75, 3.05) is 21.3 Å². The van der Waals surface area contributed by atoms with E-state index in [1.165, 1.54) is 31.0 Å². The van der Waals surface area contributed by atoms with E-state index in [4.69, 9.17) is 14.2 Å². The number of hydrogen-bond acceptors (Lipinski definition) is 8. The second-order valence-corrected chi connectivity index (χ2v) is 8.91. The van der Waals surface area contributed by atoms with Gasteiger partial charge in [-0.25, -0.2) is 14.2 Å². The quantitative estimate of drug-likeness (QED) is 0.529. The van der Waals surface area contributed by atoms with Gasteiger partial charge in [-0.3, -0.25) is 4.79 Å². The Hall–Kier alpha value is -3.79. The van der Waals surface area contributed by atoms with Crippen molar-refractivity contribution in [1.29, 1.82) is 0 Å². The SMILES string of the molecule is COC(=O)C1=C(C)N=C2SC=C(CC(=O)NCc3ccc(F)cc3)N2C1c1ccc(OC)cc1OC. The molecule has 1 atom stereocenters. The van der Waals surface area contributed by atoms with Gasteiger partial charge >= 0.3 is 5.97 Å². The molecule has 1 unspecified atom stereocenters. The van der Waals surface area contributed by atoms with Crippen molar-refractivity contribution in [3.05, 3.63) is 81.8 Å². The van der Waals surface area contributed by atoms with E-state index in [1.807, 2.05) is 16.4 Å². The lowest BCUT2D eigenvalue weighted by Crippen LogP contribution is -2.38. The molecule has 2 aliphatic rings. The number of amidine groups is 1. The van der Waals surface area contributed by atoms with Crippen molar-refractivity contribution in [2.24, 2.45) is 4.99 Å². The van der Waals surface area contributed by atoms with Crippen molar-refractivity contribution in [1.82, 2.24) is 10.2 Å². The Labute approximate surface area is 212 Å². The van der Waals surface area contributed by atoms with E-state index in [9.17, 15) is 14.0 Å². The average molecular weight is 512 g/mol. The monoisotopic (exact) mass is 511 g/mol. The number of esters is 1. The maximum Gasteiger partial charge on any atom is 0.338 e. The number of carbonyl (C=O) groups is 2. The molecule has 188 valence electrons. The molecule has 1 N–H and O–H groups in total. The van der Waals surface area contributed by atoms with Crippen LogP contribution in [0.25, 0.3) is 0 Å². The highest BCUT2D eigenvalue weighted by molar-refractivity contribution is 8.16. The van der Waals surface area contributed by atoms with Crippen LogP contribution < -0.4 is 14.8 Å². The van der Waals surface area contributed by atoms with Gasteiger partial charge in [-0.2, -0.15) is 0 Å². The van der Waals surface area contributed by atoms with Gasteiger partial charge in [-0.05, 0) is 42.2 Å². The van der Waals surface area contributed by atoms with E-state index >= 15 is 0 Å². The van der Waals surface area contributed by atoms with Gasteiger partial charge in [0.2, 0.25) is 5.91 Å². The van der Waals surface area contributed by atoms with Crippen LogP contribution in [0.4, 0.5) is 4.39 Å². The average Bonchev–Trinajstić information content (AvgIpc) is 3.28. The summed E-state index contributed by atoms with van der Waals surface area (Å²) in [5, 5.41) is 5.36. The van der Waals surface area contributed by atoms with Crippen LogP contribution in [0.3, 0.4) is 0 Å². The first-order valence-corrected chi connectivity index (χ1v) is 12.0. The molecule has 0 fully saturated rings. The summed E-state index contributed by atoms with van der Waals surface area (Å²) in [6.07, 6.45) is 0.0513. The molecule has 0 aromatic heterocycles. The summed E-state index contributed by atoms with van der Waals surface area (Å²) in [6, 6.07) is 10.7. The van der Waals surface area contributed by atoms with Crippen molar-refractivity contribution < 1.29 is 28.2 Å². The van der Waals surface area contributed by atoms with E-state index in [0.717, 1.165) is 5.56 Å². The first-order chi connectivity index (χ1) is 17.4. The second kappa shape index (κ2) is 10.9. The Morgan fingerprint density at radius 2 is 1.86 bits per heavy atom. The Kier molecular flexibility index (Phi) is 7.64. The summed E-state index contributed by atoms with van der Waals surface area (Å²) in [5.41, 5.74) is 3.04. The van der Waals surface area contributed by atoms with Crippen LogP contribution in [0.15, 0.2) is 69.8 Å². The highest BCUT2D eigenvalue weighted by atomic mass is 32.2. The molecule has 4 rings (SSSR count). The number of thioether (sulfide) groups is 1. The third kappa shape index (κ3) is 5.08. The molecule has 0 radical (unpaired) electrons. The summed E-state index contributed by atoms with van der Waals surface area (Å²) in [7, 11) is 4.43. The molecular formula is C26H26FN3O5S. The van der Waals surface area contributed by atoms with Crippen LogP contribution in [-0.2, 0) is 20.9 Å². The lowest BCUT2D eigenvalue weighted by molar-refractivity contribution is -0.136. The molecule has 2 aliphatic heterocycles. The number of nitrogens with one attached hydrogen (secondary N) is 1. The minimum atomic E-state index is -0.628. The van der Waals surface area contributed by atoms with Crippen LogP contribution in [0.2, 0.25) is 0 Å². The third-order valence-electron chi connectivity index (χ3n) is 5.89. The van der Waals surface area contributed by atoms with Gasteiger partial charge in [0, 0.05) is 23.9 Å². The van der Waals surface area contributed by atoms with E-state index in [2.05, 4.69) is 10.3 Å². The fraction of sp³-hybridized carbons (Fsp3) is 0.269.